The highest BCUT2D eigenvalue weighted by Gasteiger charge is 2.21. The lowest BCUT2D eigenvalue weighted by Crippen LogP contribution is -2.04. The molecule has 0 aliphatic carbocycles. The van der Waals surface area contributed by atoms with E-state index in [2.05, 4.69) is 11.3 Å². The van der Waals surface area contributed by atoms with E-state index in [1.165, 1.54) is 0 Å². The topological polar surface area (TPSA) is 35.5 Å². The maximum atomic E-state index is 10.8. The summed E-state index contributed by atoms with van der Waals surface area (Å²) in [6.45, 7) is 3.88. The Morgan fingerprint density at radius 3 is 1.12 bits per heavy atom. The predicted molar refractivity (Wildman–Crippen MR) is 136 cm³/mol. The molecule has 3 nitrogen and oxygen atoms in total. The lowest BCUT2D eigenvalue weighted by atomic mass is 10.3. The number of hydrogen-bond donors (Lipinski definition) is 0. The molecule has 1 atom stereocenters. The third-order valence-corrected chi connectivity index (χ3v) is 3.52. The first-order valence-electron chi connectivity index (χ1n) is 10.3. The maximum absolute atomic E-state index is 10.8. The Hall–Kier alpha value is -4.11. The van der Waals surface area contributed by atoms with Crippen LogP contribution in [0.4, 0.5) is 4.79 Å². The van der Waals surface area contributed by atoms with Crippen molar-refractivity contribution in [3.05, 3.63) is 158 Å². The van der Waals surface area contributed by atoms with Crippen LogP contribution in [0.3, 0.4) is 0 Å². The Kier molecular flexibility index (Phi) is 16.3. The largest absolute Gasteiger partial charge is 0.509 e. The van der Waals surface area contributed by atoms with E-state index < -0.39 is 6.16 Å². The fourth-order valence-corrected chi connectivity index (χ4v) is 2.05. The molecule has 0 aromatic rings. The van der Waals surface area contributed by atoms with E-state index in [4.69, 9.17) is 4.74 Å². The molecule has 3 heteroatoms. The Labute approximate surface area is 191 Å². The van der Waals surface area contributed by atoms with E-state index in [-0.39, 0.29) is 12.7 Å². The molecule has 164 valence electrons. The van der Waals surface area contributed by atoms with Gasteiger partial charge in [0.2, 0.25) is 0 Å². The molecule has 1 heterocycles. The monoisotopic (exact) mass is 426 g/mol. The second kappa shape index (κ2) is 20.2. The van der Waals surface area contributed by atoms with Crippen molar-refractivity contribution in [1.82, 2.24) is 0 Å². The fraction of sp³-hybridized carbons (Fsp3) is 0.0690. The van der Waals surface area contributed by atoms with Crippen molar-refractivity contribution in [2.45, 2.75) is 6.10 Å². The van der Waals surface area contributed by atoms with Crippen LogP contribution in [0.5, 0.6) is 0 Å². The number of ether oxygens (including phenoxy) is 2. The Morgan fingerprint density at radius 1 is 0.531 bits per heavy atom. The van der Waals surface area contributed by atoms with Gasteiger partial charge < -0.3 is 9.47 Å². The van der Waals surface area contributed by atoms with Crippen molar-refractivity contribution in [3.8, 4) is 0 Å². The molecule has 1 unspecified atom stereocenters. The van der Waals surface area contributed by atoms with Crippen molar-refractivity contribution >= 4 is 6.16 Å². The van der Waals surface area contributed by atoms with E-state index >= 15 is 0 Å². The zero-order valence-electron chi connectivity index (χ0n) is 18.2. The summed E-state index contributed by atoms with van der Waals surface area (Å²) >= 11 is 0. The third kappa shape index (κ3) is 16.8. The molecule has 1 aliphatic heterocycles. The normalized spacial score (nSPS) is 18.6. The molecular formula is C29H30O3. The SMILES string of the molecule is C=CC=CC=CC=CC=CC=CC=CC=CC=CC=CC=CC=CC=CC1COC(=O)O1. The van der Waals surface area contributed by atoms with Crippen LogP contribution in [0.2, 0.25) is 0 Å². The zero-order valence-corrected chi connectivity index (χ0v) is 18.2. The van der Waals surface area contributed by atoms with Gasteiger partial charge in [0.15, 0.2) is 6.10 Å². The summed E-state index contributed by atoms with van der Waals surface area (Å²) in [6.07, 6.45) is 47.3. The highest BCUT2D eigenvalue weighted by molar-refractivity contribution is 5.62. The summed E-state index contributed by atoms with van der Waals surface area (Å²) in [6, 6.07) is 0. The molecule has 0 N–H and O–H groups in total. The first-order valence-corrected chi connectivity index (χ1v) is 10.3. The molecular weight excluding hydrogens is 396 g/mol. The van der Waals surface area contributed by atoms with Gasteiger partial charge in [-0.25, -0.2) is 4.79 Å². The molecule has 0 spiro atoms. The number of hydrogen-bond acceptors (Lipinski definition) is 3. The van der Waals surface area contributed by atoms with Crippen molar-refractivity contribution in [2.24, 2.45) is 0 Å². The Bertz CT molecular complexity index is 895. The number of carbonyl (C=O) groups is 1. The number of allylic oxidation sites excluding steroid dienone is 24. The predicted octanol–water partition coefficient (Wildman–Crippen LogP) is 7.38. The minimum absolute atomic E-state index is 0.276. The summed E-state index contributed by atoms with van der Waals surface area (Å²) in [5, 5.41) is 0. The van der Waals surface area contributed by atoms with Gasteiger partial charge in [-0.3, -0.25) is 0 Å². The van der Waals surface area contributed by atoms with Gasteiger partial charge in [0, 0.05) is 0 Å². The first-order chi connectivity index (χ1) is 15.8. The zero-order chi connectivity index (χ0) is 23.0. The summed E-state index contributed by atoms with van der Waals surface area (Å²) in [5.74, 6) is 0. The molecule has 0 amide bonds. The number of cyclic esters (lactones) is 2. The van der Waals surface area contributed by atoms with E-state index in [0.717, 1.165) is 0 Å². The molecule has 0 radical (unpaired) electrons. The number of rotatable bonds is 13. The van der Waals surface area contributed by atoms with Gasteiger partial charge in [-0.2, -0.15) is 0 Å². The third-order valence-electron chi connectivity index (χ3n) is 3.52. The average molecular weight is 427 g/mol. The van der Waals surface area contributed by atoms with Crippen LogP contribution < -0.4 is 0 Å². The lowest BCUT2D eigenvalue weighted by molar-refractivity contribution is 0.125. The van der Waals surface area contributed by atoms with Crippen molar-refractivity contribution in [1.29, 1.82) is 0 Å². The van der Waals surface area contributed by atoms with Gasteiger partial charge in [-0.15, -0.1) is 0 Å². The van der Waals surface area contributed by atoms with E-state index in [9.17, 15) is 4.79 Å². The number of carbonyl (C=O) groups excluding carboxylic acids is 1. The molecule has 0 saturated carbocycles. The van der Waals surface area contributed by atoms with Gasteiger partial charge in [0.1, 0.15) is 6.61 Å². The first kappa shape index (κ1) is 25.9. The highest BCUT2D eigenvalue weighted by atomic mass is 16.8. The standard InChI is InChI=1S/C29H30O3/c1-2-3-4-5-6-7-8-9-10-11-12-13-14-15-16-17-18-19-20-21-22-23-24-25-26-28-27-31-29(30)32-28/h2-26,28H,1,27H2. The smallest absolute Gasteiger partial charge is 0.430 e. The Morgan fingerprint density at radius 2 is 0.844 bits per heavy atom. The van der Waals surface area contributed by atoms with Crippen LogP contribution in [-0.2, 0) is 9.47 Å². The minimum atomic E-state index is -0.612. The van der Waals surface area contributed by atoms with E-state index in [1.807, 2.05) is 140 Å². The van der Waals surface area contributed by atoms with Crippen molar-refractivity contribution in [3.63, 3.8) is 0 Å². The highest BCUT2D eigenvalue weighted by Crippen LogP contribution is 2.06. The second-order valence-electron chi connectivity index (χ2n) is 6.07. The molecule has 1 rings (SSSR count). The summed E-state index contributed by atoms with van der Waals surface area (Å²) in [4.78, 5) is 10.8. The van der Waals surface area contributed by atoms with Crippen LogP contribution in [0.25, 0.3) is 0 Å². The molecule has 32 heavy (non-hydrogen) atoms. The van der Waals surface area contributed by atoms with E-state index in [1.54, 1.807) is 12.2 Å². The summed E-state index contributed by atoms with van der Waals surface area (Å²) < 4.78 is 9.56. The average Bonchev–Trinajstić information content (AvgIpc) is 3.21. The quantitative estimate of drug-likeness (QED) is 0.228. The maximum Gasteiger partial charge on any atom is 0.509 e. The summed E-state index contributed by atoms with van der Waals surface area (Å²) in [5.41, 5.74) is 0. The van der Waals surface area contributed by atoms with E-state index in [0.29, 0.717) is 0 Å². The molecule has 0 aromatic heterocycles. The molecule has 0 aromatic carbocycles. The van der Waals surface area contributed by atoms with Gasteiger partial charge >= 0.3 is 6.16 Å². The fourth-order valence-electron chi connectivity index (χ4n) is 2.05. The second-order valence-corrected chi connectivity index (χ2v) is 6.07. The molecule has 1 fully saturated rings. The molecule has 0 bridgehead atoms. The Balaban J connectivity index is 2.13. The lowest BCUT2D eigenvalue weighted by Gasteiger charge is -1.94. The minimum Gasteiger partial charge on any atom is -0.430 e. The van der Waals surface area contributed by atoms with Crippen LogP contribution in [0.1, 0.15) is 0 Å². The molecule has 1 aliphatic rings. The van der Waals surface area contributed by atoms with Crippen molar-refractivity contribution < 1.29 is 14.3 Å². The van der Waals surface area contributed by atoms with Gasteiger partial charge in [0.05, 0.1) is 0 Å². The summed E-state index contributed by atoms with van der Waals surface area (Å²) in [7, 11) is 0. The van der Waals surface area contributed by atoms with Crippen LogP contribution in [0, 0.1) is 0 Å². The van der Waals surface area contributed by atoms with Gasteiger partial charge in [0.25, 0.3) is 0 Å². The van der Waals surface area contributed by atoms with Crippen LogP contribution >= 0.6 is 0 Å². The van der Waals surface area contributed by atoms with Crippen LogP contribution in [-0.4, -0.2) is 18.9 Å². The van der Waals surface area contributed by atoms with Gasteiger partial charge in [-0.1, -0.05) is 152 Å². The van der Waals surface area contributed by atoms with Gasteiger partial charge in [-0.05, 0) is 6.08 Å². The van der Waals surface area contributed by atoms with Crippen LogP contribution in [0.15, 0.2) is 158 Å². The molecule has 1 saturated heterocycles. The van der Waals surface area contributed by atoms with Crippen molar-refractivity contribution in [2.75, 3.05) is 6.61 Å².